The van der Waals surface area contributed by atoms with E-state index >= 15 is 0 Å². The van der Waals surface area contributed by atoms with Gasteiger partial charge in [-0.2, -0.15) is 0 Å². The Kier molecular flexibility index (Phi) is 14.7. The van der Waals surface area contributed by atoms with Crippen LogP contribution in [0.5, 0.6) is 5.75 Å². The highest BCUT2D eigenvalue weighted by atomic mass is 19.1. The van der Waals surface area contributed by atoms with E-state index in [9.17, 15) is 28.0 Å². The minimum Gasteiger partial charge on any atom is -0.493 e. The van der Waals surface area contributed by atoms with Crippen LogP contribution in [-0.2, 0) is 30.5 Å². The van der Waals surface area contributed by atoms with Crippen molar-refractivity contribution in [3.05, 3.63) is 58.1 Å². The molecule has 56 heavy (non-hydrogen) atoms. The number of carbonyl (C=O) groups is 3. The topological polar surface area (TPSA) is 167 Å². The van der Waals surface area contributed by atoms with E-state index in [0.717, 1.165) is 84.1 Å². The lowest BCUT2D eigenvalue weighted by Gasteiger charge is -2.35. The number of amides is 2. The van der Waals surface area contributed by atoms with Crippen LogP contribution in [0.3, 0.4) is 0 Å². The first-order valence-corrected chi connectivity index (χ1v) is 19.7. The Morgan fingerprint density at radius 3 is 2.30 bits per heavy atom. The van der Waals surface area contributed by atoms with Crippen molar-refractivity contribution < 1.29 is 37.4 Å². The molecule has 5 heterocycles. The number of ether oxygens (including phenoxy) is 3. The third-order valence-electron chi connectivity index (χ3n) is 11.0. The SMILES string of the molecule is CNc1ccc(NC2CCC(=O)NC2=O)cc1F.O=CC1CCN(CCN2CCC(COc3cc(F)c4c(=O)[nH]c(COC5CCOCC5)nc4c3)CC2)CC1. The molecule has 1 unspecified atom stereocenters. The minimum absolute atomic E-state index is 0.0594. The van der Waals surface area contributed by atoms with Crippen molar-refractivity contribution in [2.24, 2.45) is 11.8 Å². The Bertz CT molecular complexity index is 1860. The lowest BCUT2D eigenvalue weighted by molar-refractivity contribution is -0.133. The minimum atomic E-state index is -0.629. The van der Waals surface area contributed by atoms with Gasteiger partial charge in [-0.25, -0.2) is 13.8 Å². The van der Waals surface area contributed by atoms with Gasteiger partial charge in [-0.05, 0) is 95.2 Å². The number of aldehydes is 1. The van der Waals surface area contributed by atoms with Crippen LogP contribution in [0, 0.1) is 23.5 Å². The van der Waals surface area contributed by atoms with Gasteiger partial charge in [-0.1, -0.05) is 0 Å². The molecule has 2 aromatic carbocycles. The number of nitrogens with one attached hydrogen (secondary N) is 4. The number of carbonyl (C=O) groups excluding carboxylic acids is 3. The van der Waals surface area contributed by atoms with Gasteiger partial charge in [0.05, 0.1) is 23.9 Å². The largest absolute Gasteiger partial charge is 0.493 e. The number of aromatic amines is 1. The number of hydrogen-bond donors (Lipinski definition) is 4. The number of anilines is 2. The molecule has 4 aliphatic heterocycles. The summed E-state index contributed by atoms with van der Waals surface area (Å²) >= 11 is 0. The molecule has 1 atom stereocenters. The van der Waals surface area contributed by atoms with Gasteiger partial charge >= 0.3 is 0 Å². The Hall–Kier alpha value is -4.51. The maximum absolute atomic E-state index is 14.8. The smallest absolute Gasteiger partial charge is 0.261 e. The third kappa shape index (κ3) is 11.5. The fourth-order valence-corrected chi connectivity index (χ4v) is 7.47. The van der Waals surface area contributed by atoms with Gasteiger partial charge < -0.3 is 44.4 Å². The lowest BCUT2D eigenvalue weighted by atomic mass is 9.97. The summed E-state index contributed by atoms with van der Waals surface area (Å²) in [6, 6.07) is 7.01. The van der Waals surface area contributed by atoms with Crippen molar-refractivity contribution in [3.8, 4) is 5.75 Å². The summed E-state index contributed by atoms with van der Waals surface area (Å²) in [6.07, 6.45) is 7.54. The Morgan fingerprint density at radius 1 is 0.929 bits per heavy atom. The highest BCUT2D eigenvalue weighted by Gasteiger charge is 2.27. The summed E-state index contributed by atoms with van der Waals surface area (Å²) in [4.78, 5) is 58.0. The second-order valence-electron chi connectivity index (χ2n) is 14.9. The molecule has 1 aromatic heterocycles. The van der Waals surface area contributed by atoms with Gasteiger partial charge in [0.25, 0.3) is 5.56 Å². The van der Waals surface area contributed by atoms with Crippen molar-refractivity contribution in [1.82, 2.24) is 25.1 Å². The van der Waals surface area contributed by atoms with E-state index in [-0.39, 0.29) is 41.3 Å². The van der Waals surface area contributed by atoms with Crippen molar-refractivity contribution >= 4 is 40.4 Å². The Balaban J connectivity index is 0.000000247. The molecule has 4 fully saturated rings. The standard InChI is InChI=1S/C28H39FN4O5.C12H14FN3O2/c29-24-15-23(16-25-27(24)28(35)31-26(30-25)19-38-22-5-13-36-14-6-22)37-18-21-3-9-33(10-4-21)12-11-32-7-1-20(17-34)2-8-32;1-14-9-3-2-7(6-8(9)13)15-10-4-5-11(17)16-12(10)18/h15-17,20-22H,1-14,18-19H2,(H,30,31,35);2-3,6,10,14-15H,4-5H2,1H3,(H,16,17,18). The molecule has 14 nitrogen and oxygen atoms in total. The van der Waals surface area contributed by atoms with Crippen LogP contribution >= 0.6 is 0 Å². The molecule has 4 saturated heterocycles. The molecule has 4 aliphatic rings. The predicted octanol–water partition coefficient (Wildman–Crippen LogP) is 3.84. The molecule has 3 aromatic rings. The number of halogens is 2. The number of fused-ring (bicyclic) bond motifs is 1. The number of aromatic nitrogens is 2. The van der Waals surface area contributed by atoms with Crippen LogP contribution < -0.4 is 26.2 Å². The van der Waals surface area contributed by atoms with E-state index in [0.29, 0.717) is 61.5 Å². The van der Waals surface area contributed by atoms with Crippen LogP contribution in [0.4, 0.5) is 20.2 Å². The summed E-state index contributed by atoms with van der Waals surface area (Å²) in [6.45, 7) is 8.20. The van der Waals surface area contributed by atoms with Gasteiger partial charge in [0.2, 0.25) is 11.8 Å². The number of hydrogen-bond acceptors (Lipinski definition) is 12. The second kappa shape index (κ2) is 20.1. The van der Waals surface area contributed by atoms with E-state index in [1.54, 1.807) is 25.2 Å². The quantitative estimate of drug-likeness (QED) is 0.147. The van der Waals surface area contributed by atoms with Gasteiger partial charge in [0.15, 0.2) is 0 Å². The van der Waals surface area contributed by atoms with E-state index < -0.39 is 23.2 Å². The molecule has 0 aliphatic carbocycles. The van der Waals surface area contributed by atoms with E-state index in [4.69, 9.17) is 14.2 Å². The van der Waals surface area contributed by atoms with Gasteiger partial charge in [-0.3, -0.25) is 19.7 Å². The van der Waals surface area contributed by atoms with Crippen LogP contribution in [0.25, 0.3) is 10.9 Å². The van der Waals surface area contributed by atoms with Gasteiger partial charge in [-0.15, -0.1) is 0 Å². The molecule has 0 spiro atoms. The molecule has 7 rings (SSSR count). The first kappa shape index (κ1) is 41.1. The third-order valence-corrected chi connectivity index (χ3v) is 11.0. The maximum Gasteiger partial charge on any atom is 0.261 e. The van der Waals surface area contributed by atoms with E-state index in [2.05, 4.69) is 35.7 Å². The molecule has 304 valence electrons. The maximum atomic E-state index is 14.8. The van der Waals surface area contributed by atoms with E-state index in [1.807, 2.05) is 0 Å². The zero-order valence-electron chi connectivity index (χ0n) is 32.0. The van der Waals surface area contributed by atoms with Crippen molar-refractivity contribution in [2.75, 3.05) is 76.8 Å². The highest BCUT2D eigenvalue weighted by molar-refractivity contribution is 6.01. The molecule has 0 radical (unpaired) electrons. The highest BCUT2D eigenvalue weighted by Crippen LogP contribution is 2.25. The van der Waals surface area contributed by atoms with Crippen molar-refractivity contribution in [1.29, 1.82) is 0 Å². The monoisotopic (exact) mass is 781 g/mol. The Labute approximate surface area is 325 Å². The Morgan fingerprint density at radius 2 is 1.64 bits per heavy atom. The molecule has 2 amide bonds. The lowest BCUT2D eigenvalue weighted by Crippen LogP contribution is -2.47. The number of H-pyrrole nitrogens is 1. The summed E-state index contributed by atoms with van der Waals surface area (Å²) in [7, 11) is 1.63. The molecule has 16 heteroatoms. The van der Waals surface area contributed by atoms with Crippen molar-refractivity contribution in [2.45, 2.75) is 70.1 Å². The van der Waals surface area contributed by atoms with Crippen LogP contribution in [0.15, 0.2) is 35.1 Å². The summed E-state index contributed by atoms with van der Waals surface area (Å²) in [5.41, 5.74) is 0.677. The number of likely N-dealkylation sites (tertiary alicyclic amines) is 2. The zero-order chi connectivity index (χ0) is 39.4. The first-order valence-electron chi connectivity index (χ1n) is 19.7. The van der Waals surface area contributed by atoms with Gasteiger partial charge in [0.1, 0.15) is 47.5 Å². The molecule has 4 N–H and O–H groups in total. The van der Waals surface area contributed by atoms with Crippen LogP contribution in [0.1, 0.15) is 57.2 Å². The summed E-state index contributed by atoms with van der Waals surface area (Å²) in [5, 5.41) is 7.81. The second-order valence-corrected chi connectivity index (χ2v) is 14.9. The summed E-state index contributed by atoms with van der Waals surface area (Å²) < 4.78 is 45.5. The molecular formula is C40H53F2N7O7. The predicted molar refractivity (Wildman–Crippen MR) is 207 cm³/mol. The number of benzene rings is 2. The molecule has 0 saturated carbocycles. The van der Waals surface area contributed by atoms with E-state index in [1.165, 1.54) is 12.1 Å². The average molecular weight is 782 g/mol. The normalized spacial score (nSPS) is 20.6. The zero-order valence-corrected chi connectivity index (χ0v) is 32.0. The van der Waals surface area contributed by atoms with Crippen LogP contribution in [0.2, 0.25) is 0 Å². The van der Waals surface area contributed by atoms with Crippen molar-refractivity contribution in [3.63, 3.8) is 0 Å². The fraction of sp³-hybridized carbons (Fsp3) is 0.575. The average Bonchev–Trinajstić information content (AvgIpc) is 3.20. The first-order chi connectivity index (χ1) is 27.2. The number of nitrogens with zero attached hydrogens (tertiary/aromatic N) is 3. The number of imide groups is 1. The number of piperidine rings is 3. The number of rotatable bonds is 13. The van der Waals surface area contributed by atoms with Gasteiger partial charge in [0, 0.05) is 63.5 Å². The fourth-order valence-electron chi connectivity index (χ4n) is 7.47. The molecule has 0 bridgehead atoms. The molecular weight excluding hydrogens is 728 g/mol. The summed E-state index contributed by atoms with van der Waals surface area (Å²) in [5.74, 6) is -0.239. The van der Waals surface area contributed by atoms with Crippen LogP contribution in [-0.4, -0.2) is 116 Å².